The minimum Gasteiger partial charge on any atom is -0.342 e. The number of halogens is 1. The van der Waals surface area contributed by atoms with Gasteiger partial charge in [0.2, 0.25) is 5.91 Å². The molecule has 0 aliphatic heterocycles. The number of carbonyl (C=O) groups excluding carboxylic acids is 2. The number of benzene rings is 3. The number of rotatable bonds is 9. The maximum absolute atomic E-state index is 13.2. The highest BCUT2D eigenvalue weighted by molar-refractivity contribution is 7.99. The highest BCUT2D eigenvalue weighted by Crippen LogP contribution is 2.27. The first kappa shape index (κ1) is 25.4. The van der Waals surface area contributed by atoms with E-state index in [1.807, 2.05) is 67.8 Å². The van der Waals surface area contributed by atoms with E-state index < -0.39 is 11.9 Å². The van der Waals surface area contributed by atoms with Crippen molar-refractivity contribution in [1.82, 2.24) is 20.1 Å². The van der Waals surface area contributed by atoms with Crippen LogP contribution in [0.2, 0.25) is 0 Å². The number of aromatic nitrogens is 3. The van der Waals surface area contributed by atoms with Crippen LogP contribution in [0.25, 0.3) is 10.8 Å². The second kappa shape index (κ2) is 11.3. The number of nitrogens with one attached hydrogen (secondary N) is 2. The highest BCUT2D eigenvalue weighted by atomic mass is 32.2. The SMILES string of the molecule is CCn1c(SCC(=O)Nc2cccc3ccccc23)nnc1[C@@H](NC(=O)c1ccc(F)cc1)C(C)C. The Morgan fingerprint density at radius 2 is 1.72 bits per heavy atom. The average Bonchev–Trinajstić information content (AvgIpc) is 3.28. The molecule has 0 saturated heterocycles. The Labute approximate surface area is 213 Å². The summed E-state index contributed by atoms with van der Waals surface area (Å²) in [5.41, 5.74) is 1.13. The van der Waals surface area contributed by atoms with Crippen LogP contribution in [0.4, 0.5) is 10.1 Å². The van der Waals surface area contributed by atoms with Crippen LogP contribution in [-0.4, -0.2) is 32.3 Å². The van der Waals surface area contributed by atoms with Gasteiger partial charge in [-0.25, -0.2) is 4.39 Å². The molecule has 0 spiro atoms. The summed E-state index contributed by atoms with van der Waals surface area (Å²) in [6.07, 6.45) is 0. The van der Waals surface area contributed by atoms with Gasteiger partial charge >= 0.3 is 0 Å². The van der Waals surface area contributed by atoms with Gasteiger partial charge in [-0.2, -0.15) is 0 Å². The number of carbonyl (C=O) groups is 2. The lowest BCUT2D eigenvalue weighted by molar-refractivity contribution is -0.113. The first-order valence-electron chi connectivity index (χ1n) is 11.8. The van der Waals surface area contributed by atoms with E-state index in [0.29, 0.717) is 23.1 Å². The van der Waals surface area contributed by atoms with Gasteiger partial charge in [-0.05, 0) is 48.6 Å². The fourth-order valence-corrected chi connectivity index (χ4v) is 4.75. The number of nitrogens with zero attached hydrogens (tertiary/aromatic N) is 3. The zero-order valence-corrected chi connectivity index (χ0v) is 21.2. The molecule has 0 bridgehead atoms. The first-order chi connectivity index (χ1) is 17.4. The Kier molecular flexibility index (Phi) is 8.00. The number of hydrogen-bond acceptors (Lipinski definition) is 5. The molecule has 7 nitrogen and oxygen atoms in total. The van der Waals surface area contributed by atoms with Gasteiger partial charge in [-0.1, -0.05) is 62.0 Å². The predicted octanol–water partition coefficient (Wildman–Crippen LogP) is 5.45. The van der Waals surface area contributed by atoms with E-state index in [4.69, 9.17) is 0 Å². The summed E-state index contributed by atoms with van der Waals surface area (Å²) in [6, 6.07) is 18.7. The maximum atomic E-state index is 13.2. The number of fused-ring (bicyclic) bond motifs is 1. The smallest absolute Gasteiger partial charge is 0.251 e. The number of anilines is 1. The van der Waals surface area contributed by atoms with Crippen molar-refractivity contribution < 1.29 is 14.0 Å². The zero-order valence-electron chi connectivity index (χ0n) is 20.4. The minimum atomic E-state index is -0.408. The standard InChI is InChI=1S/C27H28FN5O2S/c1-4-33-25(24(17(2)3)30-26(35)19-12-14-20(28)15-13-19)31-32-27(33)36-16-23(34)29-22-11-7-9-18-8-5-6-10-21(18)22/h5-15,17,24H,4,16H2,1-3H3,(H,29,34)(H,30,35)/t24-/m0/s1. The van der Waals surface area contributed by atoms with Crippen molar-refractivity contribution in [3.8, 4) is 0 Å². The van der Waals surface area contributed by atoms with E-state index in [-0.39, 0.29) is 23.5 Å². The van der Waals surface area contributed by atoms with Crippen LogP contribution in [0.15, 0.2) is 71.9 Å². The van der Waals surface area contributed by atoms with E-state index in [0.717, 1.165) is 16.5 Å². The Balaban J connectivity index is 1.46. The van der Waals surface area contributed by atoms with Crippen molar-refractivity contribution in [2.24, 2.45) is 5.92 Å². The number of thioether (sulfide) groups is 1. The summed E-state index contributed by atoms with van der Waals surface area (Å²) in [6.45, 7) is 6.50. The Bertz CT molecular complexity index is 1370. The van der Waals surface area contributed by atoms with Crippen LogP contribution in [0.1, 0.15) is 43.0 Å². The number of hydrogen-bond donors (Lipinski definition) is 2. The van der Waals surface area contributed by atoms with Gasteiger partial charge in [0.25, 0.3) is 5.91 Å². The second-order valence-electron chi connectivity index (χ2n) is 8.65. The van der Waals surface area contributed by atoms with Gasteiger partial charge in [0, 0.05) is 23.2 Å². The third kappa shape index (κ3) is 5.73. The summed E-state index contributed by atoms with van der Waals surface area (Å²) in [7, 11) is 0. The third-order valence-electron chi connectivity index (χ3n) is 5.80. The third-order valence-corrected chi connectivity index (χ3v) is 6.76. The molecule has 4 rings (SSSR count). The summed E-state index contributed by atoms with van der Waals surface area (Å²) in [5.74, 6) is -0.0629. The Morgan fingerprint density at radius 3 is 2.44 bits per heavy atom. The quantitative estimate of drug-likeness (QED) is 0.295. The minimum absolute atomic E-state index is 0.0245. The van der Waals surface area contributed by atoms with Crippen molar-refractivity contribution in [2.75, 3.05) is 11.1 Å². The van der Waals surface area contributed by atoms with Crippen molar-refractivity contribution in [1.29, 1.82) is 0 Å². The van der Waals surface area contributed by atoms with E-state index in [9.17, 15) is 14.0 Å². The van der Waals surface area contributed by atoms with Crippen LogP contribution >= 0.6 is 11.8 Å². The van der Waals surface area contributed by atoms with Crippen LogP contribution in [0.5, 0.6) is 0 Å². The van der Waals surface area contributed by atoms with Crippen molar-refractivity contribution >= 4 is 40.0 Å². The van der Waals surface area contributed by atoms with Crippen LogP contribution < -0.4 is 10.6 Å². The van der Waals surface area contributed by atoms with Crippen molar-refractivity contribution in [3.63, 3.8) is 0 Å². The van der Waals surface area contributed by atoms with Gasteiger partial charge in [0.15, 0.2) is 11.0 Å². The molecule has 0 saturated carbocycles. The molecule has 0 aliphatic rings. The topological polar surface area (TPSA) is 88.9 Å². The monoisotopic (exact) mass is 505 g/mol. The highest BCUT2D eigenvalue weighted by Gasteiger charge is 2.26. The molecule has 0 radical (unpaired) electrons. The van der Waals surface area contributed by atoms with Crippen LogP contribution in [-0.2, 0) is 11.3 Å². The van der Waals surface area contributed by atoms with E-state index in [2.05, 4.69) is 20.8 Å². The lowest BCUT2D eigenvalue weighted by Crippen LogP contribution is -2.33. The molecule has 4 aromatic rings. The molecule has 186 valence electrons. The van der Waals surface area contributed by atoms with Crippen LogP contribution in [0, 0.1) is 11.7 Å². The Morgan fingerprint density at radius 1 is 1.00 bits per heavy atom. The molecule has 2 amide bonds. The maximum Gasteiger partial charge on any atom is 0.251 e. The molecular weight excluding hydrogens is 477 g/mol. The number of amides is 2. The van der Waals surface area contributed by atoms with E-state index in [1.54, 1.807) is 0 Å². The summed E-state index contributed by atoms with van der Waals surface area (Å²) in [5, 5.41) is 17.3. The molecule has 0 unspecified atom stereocenters. The average molecular weight is 506 g/mol. The van der Waals surface area contributed by atoms with Crippen molar-refractivity contribution in [3.05, 3.63) is 83.9 Å². The lowest BCUT2D eigenvalue weighted by Gasteiger charge is -2.22. The molecule has 1 heterocycles. The van der Waals surface area contributed by atoms with Crippen molar-refractivity contribution in [2.45, 2.75) is 38.5 Å². The molecule has 0 fully saturated rings. The fraction of sp³-hybridized carbons (Fsp3) is 0.259. The predicted molar refractivity (Wildman–Crippen MR) is 140 cm³/mol. The summed E-state index contributed by atoms with van der Waals surface area (Å²) < 4.78 is 15.2. The molecule has 9 heteroatoms. The van der Waals surface area contributed by atoms with E-state index in [1.165, 1.54) is 36.0 Å². The van der Waals surface area contributed by atoms with Gasteiger partial charge < -0.3 is 15.2 Å². The molecule has 2 N–H and O–H groups in total. The van der Waals surface area contributed by atoms with Gasteiger partial charge in [-0.3, -0.25) is 9.59 Å². The normalized spacial score (nSPS) is 12.0. The molecule has 0 aliphatic carbocycles. The summed E-state index contributed by atoms with van der Waals surface area (Å²) >= 11 is 1.29. The van der Waals surface area contributed by atoms with Gasteiger partial charge in [0.1, 0.15) is 5.82 Å². The van der Waals surface area contributed by atoms with Crippen LogP contribution in [0.3, 0.4) is 0 Å². The first-order valence-corrected chi connectivity index (χ1v) is 12.8. The molecule has 1 atom stereocenters. The lowest BCUT2D eigenvalue weighted by atomic mass is 10.0. The van der Waals surface area contributed by atoms with E-state index >= 15 is 0 Å². The zero-order chi connectivity index (χ0) is 25.7. The molecule has 36 heavy (non-hydrogen) atoms. The largest absolute Gasteiger partial charge is 0.342 e. The van der Waals surface area contributed by atoms with Gasteiger partial charge in [0.05, 0.1) is 11.8 Å². The fourth-order valence-electron chi connectivity index (χ4n) is 3.94. The Hall–Kier alpha value is -3.72. The summed E-state index contributed by atoms with van der Waals surface area (Å²) in [4.78, 5) is 25.5. The molecular formula is C27H28FN5O2S. The molecule has 1 aromatic heterocycles. The molecule has 3 aromatic carbocycles. The van der Waals surface area contributed by atoms with Gasteiger partial charge in [-0.15, -0.1) is 10.2 Å². The second-order valence-corrected chi connectivity index (χ2v) is 9.59.